The van der Waals surface area contributed by atoms with Crippen molar-refractivity contribution in [1.29, 1.82) is 0 Å². The number of hydrogen-bond acceptors (Lipinski definition) is 4. The number of aromatic hydroxyl groups is 1. The van der Waals surface area contributed by atoms with E-state index in [1.54, 1.807) is 24.3 Å². The SMILES string of the molecule is Nc1ccc(-c2nc3cc(Cl)c(Cl)cc3o2)c(O)c1. The molecule has 0 aliphatic rings. The molecular formula is C13H8Cl2N2O2. The van der Waals surface area contributed by atoms with Gasteiger partial charge in [-0.15, -0.1) is 0 Å². The van der Waals surface area contributed by atoms with E-state index in [1.807, 2.05) is 0 Å². The molecule has 0 unspecified atom stereocenters. The molecule has 0 fully saturated rings. The molecule has 96 valence electrons. The molecular weight excluding hydrogens is 287 g/mol. The van der Waals surface area contributed by atoms with Gasteiger partial charge in [-0.2, -0.15) is 0 Å². The molecule has 0 aliphatic carbocycles. The highest BCUT2D eigenvalue weighted by atomic mass is 35.5. The van der Waals surface area contributed by atoms with Crippen LogP contribution in [-0.4, -0.2) is 10.1 Å². The van der Waals surface area contributed by atoms with Crippen molar-refractivity contribution in [2.45, 2.75) is 0 Å². The van der Waals surface area contributed by atoms with Gasteiger partial charge in [0.05, 0.1) is 15.6 Å². The second-order valence-electron chi connectivity index (χ2n) is 4.03. The summed E-state index contributed by atoms with van der Waals surface area (Å²) in [5.41, 5.74) is 7.56. The molecule has 3 rings (SSSR count). The van der Waals surface area contributed by atoms with E-state index in [4.69, 9.17) is 33.4 Å². The second kappa shape index (κ2) is 4.33. The van der Waals surface area contributed by atoms with Crippen LogP contribution in [0.4, 0.5) is 5.69 Å². The van der Waals surface area contributed by atoms with Gasteiger partial charge < -0.3 is 15.3 Å². The highest BCUT2D eigenvalue weighted by Gasteiger charge is 2.13. The Morgan fingerprint density at radius 2 is 1.84 bits per heavy atom. The Morgan fingerprint density at radius 1 is 1.11 bits per heavy atom. The molecule has 1 heterocycles. The van der Waals surface area contributed by atoms with Crippen molar-refractivity contribution in [2.24, 2.45) is 0 Å². The zero-order valence-electron chi connectivity index (χ0n) is 9.52. The molecule has 19 heavy (non-hydrogen) atoms. The van der Waals surface area contributed by atoms with E-state index in [9.17, 15) is 5.11 Å². The lowest BCUT2D eigenvalue weighted by atomic mass is 10.2. The fourth-order valence-corrected chi connectivity index (χ4v) is 2.08. The quantitative estimate of drug-likeness (QED) is 0.663. The fraction of sp³-hybridized carbons (Fsp3) is 0. The molecule has 2 aromatic carbocycles. The molecule has 3 aromatic rings. The Kier molecular flexibility index (Phi) is 2.77. The Hall–Kier alpha value is -1.91. The minimum absolute atomic E-state index is 0.00347. The first-order valence-corrected chi connectivity index (χ1v) is 6.14. The maximum atomic E-state index is 9.85. The normalized spacial score (nSPS) is 11.1. The van der Waals surface area contributed by atoms with Gasteiger partial charge in [0.2, 0.25) is 5.89 Å². The number of oxazole rings is 1. The lowest BCUT2D eigenvalue weighted by molar-refractivity contribution is 0.474. The van der Waals surface area contributed by atoms with Gasteiger partial charge in [-0.1, -0.05) is 23.2 Å². The summed E-state index contributed by atoms with van der Waals surface area (Å²) in [6.45, 7) is 0. The van der Waals surface area contributed by atoms with Gasteiger partial charge in [-0.05, 0) is 18.2 Å². The Balaban J connectivity index is 2.20. The van der Waals surface area contributed by atoms with Gasteiger partial charge in [0, 0.05) is 17.8 Å². The Morgan fingerprint density at radius 3 is 2.58 bits per heavy atom. The van der Waals surface area contributed by atoms with Crippen LogP contribution in [0.1, 0.15) is 0 Å². The first kappa shape index (κ1) is 12.1. The van der Waals surface area contributed by atoms with Crippen molar-refractivity contribution in [2.75, 3.05) is 5.73 Å². The van der Waals surface area contributed by atoms with Crippen molar-refractivity contribution in [3.63, 3.8) is 0 Å². The van der Waals surface area contributed by atoms with E-state index < -0.39 is 0 Å². The van der Waals surface area contributed by atoms with Crippen LogP contribution in [0.2, 0.25) is 10.0 Å². The van der Waals surface area contributed by atoms with Crippen LogP contribution < -0.4 is 5.73 Å². The average molecular weight is 295 g/mol. The zero-order chi connectivity index (χ0) is 13.6. The second-order valence-corrected chi connectivity index (χ2v) is 4.84. The number of nitrogens with two attached hydrogens (primary N) is 1. The van der Waals surface area contributed by atoms with Crippen LogP contribution in [0.15, 0.2) is 34.7 Å². The first-order valence-electron chi connectivity index (χ1n) is 5.39. The van der Waals surface area contributed by atoms with Gasteiger partial charge in [-0.3, -0.25) is 0 Å². The molecule has 0 spiro atoms. The van der Waals surface area contributed by atoms with E-state index in [1.165, 1.54) is 6.07 Å². The summed E-state index contributed by atoms with van der Waals surface area (Å²) in [5, 5.41) is 10.6. The molecule has 0 saturated carbocycles. The van der Waals surface area contributed by atoms with Gasteiger partial charge in [0.1, 0.15) is 11.3 Å². The zero-order valence-corrected chi connectivity index (χ0v) is 11.0. The van der Waals surface area contributed by atoms with Crippen molar-refractivity contribution < 1.29 is 9.52 Å². The number of halogens is 2. The summed E-state index contributed by atoms with van der Waals surface area (Å²) in [6.07, 6.45) is 0. The maximum absolute atomic E-state index is 9.85. The van der Waals surface area contributed by atoms with Crippen molar-refractivity contribution in [3.05, 3.63) is 40.4 Å². The monoisotopic (exact) mass is 294 g/mol. The molecule has 0 atom stereocenters. The number of aromatic nitrogens is 1. The van der Waals surface area contributed by atoms with Gasteiger partial charge in [-0.25, -0.2) is 4.98 Å². The van der Waals surface area contributed by atoms with Crippen LogP contribution >= 0.6 is 23.2 Å². The molecule has 1 aromatic heterocycles. The number of rotatable bonds is 1. The summed E-state index contributed by atoms with van der Waals surface area (Å²) < 4.78 is 5.56. The Labute approximate surface area is 118 Å². The van der Waals surface area contributed by atoms with E-state index in [0.717, 1.165) is 0 Å². The third-order valence-corrected chi connectivity index (χ3v) is 3.40. The highest BCUT2D eigenvalue weighted by Crippen LogP contribution is 2.34. The third-order valence-electron chi connectivity index (χ3n) is 2.68. The molecule has 0 saturated heterocycles. The van der Waals surface area contributed by atoms with Gasteiger partial charge in [0.25, 0.3) is 0 Å². The van der Waals surface area contributed by atoms with Crippen molar-refractivity contribution >= 4 is 40.0 Å². The number of benzene rings is 2. The number of phenols is 1. The minimum atomic E-state index is 0.00347. The highest BCUT2D eigenvalue weighted by molar-refractivity contribution is 6.42. The van der Waals surface area contributed by atoms with Crippen LogP contribution in [0.3, 0.4) is 0 Å². The van der Waals surface area contributed by atoms with Crippen LogP contribution in [0.5, 0.6) is 5.75 Å². The van der Waals surface area contributed by atoms with Gasteiger partial charge >= 0.3 is 0 Å². The smallest absolute Gasteiger partial charge is 0.231 e. The molecule has 4 nitrogen and oxygen atoms in total. The van der Waals surface area contributed by atoms with Crippen LogP contribution in [0, 0.1) is 0 Å². The van der Waals surface area contributed by atoms with E-state index in [2.05, 4.69) is 4.98 Å². The van der Waals surface area contributed by atoms with E-state index in [-0.39, 0.29) is 11.6 Å². The number of anilines is 1. The van der Waals surface area contributed by atoms with Crippen molar-refractivity contribution in [1.82, 2.24) is 4.98 Å². The summed E-state index contributed by atoms with van der Waals surface area (Å²) in [7, 11) is 0. The molecule has 0 amide bonds. The predicted molar refractivity (Wildman–Crippen MR) is 75.5 cm³/mol. The van der Waals surface area contributed by atoms with Gasteiger partial charge in [0.15, 0.2) is 5.58 Å². The molecule has 0 radical (unpaired) electrons. The fourth-order valence-electron chi connectivity index (χ4n) is 1.77. The summed E-state index contributed by atoms with van der Waals surface area (Å²) in [4.78, 5) is 4.26. The average Bonchev–Trinajstić information content (AvgIpc) is 2.72. The van der Waals surface area contributed by atoms with Crippen molar-refractivity contribution in [3.8, 4) is 17.2 Å². The van der Waals surface area contributed by atoms with E-state index >= 15 is 0 Å². The minimum Gasteiger partial charge on any atom is -0.507 e. The molecule has 3 N–H and O–H groups in total. The van der Waals surface area contributed by atoms with E-state index in [0.29, 0.717) is 32.4 Å². The summed E-state index contributed by atoms with van der Waals surface area (Å²) in [5.74, 6) is 0.287. The standard InChI is InChI=1S/C13H8Cl2N2O2/c14-8-4-10-12(5-9(8)15)19-13(17-10)7-2-1-6(16)3-11(7)18/h1-5,18H,16H2. The number of fused-ring (bicyclic) bond motifs is 1. The Bertz CT molecular complexity index is 745. The summed E-state index contributed by atoms with van der Waals surface area (Å²) >= 11 is 11.8. The first-order chi connectivity index (χ1) is 9.04. The molecule has 0 aliphatic heterocycles. The number of hydrogen-bond donors (Lipinski definition) is 2. The maximum Gasteiger partial charge on any atom is 0.231 e. The molecule has 0 bridgehead atoms. The number of nitrogen functional groups attached to an aromatic ring is 1. The van der Waals surface area contributed by atoms with Crippen LogP contribution in [0.25, 0.3) is 22.6 Å². The van der Waals surface area contributed by atoms with Crippen LogP contribution in [-0.2, 0) is 0 Å². The lowest BCUT2D eigenvalue weighted by Gasteiger charge is -2.00. The number of nitrogens with zero attached hydrogens (tertiary/aromatic N) is 1. The summed E-state index contributed by atoms with van der Waals surface area (Å²) in [6, 6.07) is 7.93. The predicted octanol–water partition coefficient (Wildman–Crippen LogP) is 4.09. The largest absolute Gasteiger partial charge is 0.507 e. The molecule has 6 heteroatoms. The topological polar surface area (TPSA) is 72.3 Å². The lowest BCUT2D eigenvalue weighted by Crippen LogP contribution is -1.85. The third kappa shape index (κ3) is 2.09. The number of phenolic OH excluding ortho intramolecular Hbond substituents is 1.